The van der Waals surface area contributed by atoms with Gasteiger partial charge >= 0.3 is 5.97 Å². The number of carbonyl (C=O) groups is 1. The van der Waals surface area contributed by atoms with Gasteiger partial charge in [0.2, 0.25) is 0 Å². The first-order chi connectivity index (χ1) is 17.4. The van der Waals surface area contributed by atoms with Crippen molar-refractivity contribution in [3.05, 3.63) is 92.9 Å². The van der Waals surface area contributed by atoms with Gasteiger partial charge in [0, 0.05) is 16.0 Å². The Labute approximate surface area is 213 Å². The highest BCUT2D eigenvalue weighted by atomic mass is 32.1. The molecule has 7 nitrogen and oxygen atoms in total. The summed E-state index contributed by atoms with van der Waals surface area (Å²) in [4.78, 5) is 17.9. The number of ether oxygens (including phenoxy) is 1. The van der Waals surface area contributed by atoms with Crippen molar-refractivity contribution >= 4 is 35.2 Å². The summed E-state index contributed by atoms with van der Waals surface area (Å²) in [6, 6.07) is 15.4. The van der Waals surface area contributed by atoms with Crippen molar-refractivity contribution in [2.75, 3.05) is 7.11 Å². The van der Waals surface area contributed by atoms with Crippen LogP contribution in [0.25, 0.3) is 17.2 Å². The Balaban J connectivity index is 1.55. The number of aliphatic carboxylic acids is 1. The molecule has 1 aliphatic rings. The molecule has 0 radical (unpaired) electrons. The lowest BCUT2D eigenvalue weighted by Gasteiger charge is -2.11. The molecule has 0 spiro atoms. The zero-order valence-corrected chi connectivity index (χ0v) is 21.3. The fourth-order valence-electron chi connectivity index (χ4n) is 4.35. The van der Waals surface area contributed by atoms with Gasteiger partial charge in [-0.25, -0.2) is 0 Å². The fourth-order valence-corrected chi connectivity index (χ4v) is 5.56. The molecular formula is C28H26N4O3S. The van der Waals surface area contributed by atoms with Gasteiger partial charge in [0.1, 0.15) is 22.6 Å². The second-order valence-electron chi connectivity index (χ2n) is 8.72. The van der Waals surface area contributed by atoms with E-state index in [1.807, 2.05) is 47.9 Å². The minimum atomic E-state index is -0.924. The summed E-state index contributed by atoms with van der Waals surface area (Å²) >= 11 is 1.66. The standard InChI is InChI=1S/C28H26N4O3S/c1-16-17(2)36-28-25(16)26(29-23(15-24(33)34)27-31-30-18(3)32(27)28)21-11-7-19(8-12-21)5-6-20-9-13-22(35-4)14-10-20/h5-14,23H,15H2,1-4H3,(H,33,34)/t23-/m0/s1. The molecule has 0 saturated carbocycles. The lowest BCUT2D eigenvalue weighted by atomic mass is 9.98. The van der Waals surface area contributed by atoms with Crippen LogP contribution in [-0.2, 0) is 4.79 Å². The van der Waals surface area contributed by atoms with Gasteiger partial charge in [-0.1, -0.05) is 48.6 Å². The molecule has 0 fully saturated rings. The smallest absolute Gasteiger partial charge is 0.306 e. The van der Waals surface area contributed by atoms with Crippen molar-refractivity contribution in [3.8, 4) is 10.8 Å². The van der Waals surface area contributed by atoms with Crippen LogP contribution in [0, 0.1) is 20.8 Å². The lowest BCUT2D eigenvalue weighted by Crippen LogP contribution is -2.10. The minimum Gasteiger partial charge on any atom is -0.497 e. The summed E-state index contributed by atoms with van der Waals surface area (Å²) in [6.45, 7) is 6.06. The van der Waals surface area contributed by atoms with Gasteiger partial charge in [0.15, 0.2) is 5.82 Å². The maximum atomic E-state index is 11.7. The Morgan fingerprint density at radius 2 is 1.67 bits per heavy atom. The zero-order chi connectivity index (χ0) is 25.4. The van der Waals surface area contributed by atoms with E-state index >= 15 is 0 Å². The van der Waals surface area contributed by atoms with Gasteiger partial charge in [0.05, 0.1) is 19.2 Å². The summed E-state index contributed by atoms with van der Waals surface area (Å²) in [5.41, 5.74) is 6.00. The topological polar surface area (TPSA) is 89.6 Å². The molecule has 2 aromatic heterocycles. The Morgan fingerprint density at radius 1 is 1.03 bits per heavy atom. The van der Waals surface area contributed by atoms with Crippen LogP contribution < -0.4 is 4.74 Å². The number of methoxy groups -OCH3 is 1. The number of nitrogens with zero attached hydrogens (tertiary/aromatic N) is 4. The van der Waals surface area contributed by atoms with E-state index in [2.05, 4.69) is 48.3 Å². The number of rotatable bonds is 6. The highest BCUT2D eigenvalue weighted by molar-refractivity contribution is 7.15. The van der Waals surface area contributed by atoms with E-state index in [1.54, 1.807) is 18.4 Å². The predicted molar refractivity (Wildman–Crippen MR) is 142 cm³/mol. The monoisotopic (exact) mass is 498 g/mol. The van der Waals surface area contributed by atoms with Crippen LogP contribution in [0.4, 0.5) is 0 Å². The Bertz CT molecular complexity index is 1500. The summed E-state index contributed by atoms with van der Waals surface area (Å²) in [7, 11) is 1.66. The molecule has 4 aromatic rings. The first kappa shape index (κ1) is 23.7. The van der Waals surface area contributed by atoms with Crippen molar-refractivity contribution in [2.24, 2.45) is 4.99 Å². The van der Waals surface area contributed by atoms with Gasteiger partial charge in [-0.3, -0.25) is 14.4 Å². The molecule has 0 bridgehead atoms. The number of hydrogen-bond acceptors (Lipinski definition) is 6. The summed E-state index contributed by atoms with van der Waals surface area (Å²) in [5, 5.41) is 19.1. The van der Waals surface area contributed by atoms with Gasteiger partial charge in [-0.15, -0.1) is 21.5 Å². The van der Waals surface area contributed by atoms with Crippen molar-refractivity contribution < 1.29 is 14.6 Å². The molecule has 0 aliphatic carbocycles. The molecule has 1 atom stereocenters. The number of carboxylic acids is 1. The normalized spacial score (nSPS) is 14.8. The highest BCUT2D eigenvalue weighted by Crippen LogP contribution is 2.39. The molecule has 8 heteroatoms. The zero-order valence-electron chi connectivity index (χ0n) is 20.5. The Hall–Kier alpha value is -4.04. The van der Waals surface area contributed by atoms with Crippen LogP contribution in [0.15, 0.2) is 53.5 Å². The molecule has 1 aliphatic heterocycles. The van der Waals surface area contributed by atoms with Gasteiger partial charge in [-0.05, 0) is 49.6 Å². The number of thiophene rings is 1. The van der Waals surface area contributed by atoms with Crippen LogP contribution >= 0.6 is 11.3 Å². The highest BCUT2D eigenvalue weighted by Gasteiger charge is 2.32. The third-order valence-electron chi connectivity index (χ3n) is 6.38. The second kappa shape index (κ2) is 9.54. The SMILES string of the molecule is COc1ccc(C=Cc2ccc(C3=N[C@@H](CC(=O)O)c4nnc(C)n4-c4sc(C)c(C)c43)cc2)cc1. The third-order valence-corrected chi connectivity index (χ3v) is 7.57. The summed E-state index contributed by atoms with van der Waals surface area (Å²) in [5.74, 6) is 1.19. The van der Waals surface area contributed by atoms with E-state index in [0.29, 0.717) is 5.82 Å². The average Bonchev–Trinajstić information content (AvgIpc) is 3.35. The maximum Gasteiger partial charge on any atom is 0.306 e. The van der Waals surface area contributed by atoms with E-state index < -0.39 is 12.0 Å². The molecule has 0 saturated heterocycles. The fraction of sp³-hybridized carbons (Fsp3) is 0.214. The number of aliphatic imine (C=N–C) groups is 1. The van der Waals surface area contributed by atoms with Crippen molar-refractivity contribution in [2.45, 2.75) is 33.2 Å². The summed E-state index contributed by atoms with van der Waals surface area (Å²) < 4.78 is 7.19. The van der Waals surface area contributed by atoms with Crippen molar-refractivity contribution in [1.29, 1.82) is 0 Å². The van der Waals surface area contributed by atoms with E-state index in [4.69, 9.17) is 9.73 Å². The number of carboxylic acid groups (broad SMARTS) is 1. The van der Waals surface area contributed by atoms with Crippen LogP contribution in [-0.4, -0.2) is 38.7 Å². The van der Waals surface area contributed by atoms with Gasteiger partial charge in [0.25, 0.3) is 0 Å². The first-order valence-corrected chi connectivity index (χ1v) is 12.4. The van der Waals surface area contributed by atoms with Crippen LogP contribution in [0.3, 0.4) is 0 Å². The van der Waals surface area contributed by atoms with Gasteiger partial charge < -0.3 is 9.84 Å². The first-order valence-electron chi connectivity index (χ1n) is 11.6. The number of hydrogen-bond donors (Lipinski definition) is 1. The van der Waals surface area contributed by atoms with E-state index in [-0.39, 0.29) is 6.42 Å². The predicted octanol–water partition coefficient (Wildman–Crippen LogP) is 5.80. The molecule has 182 valence electrons. The number of aromatic nitrogens is 3. The maximum absolute atomic E-state index is 11.7. The van der Waals surface area contributed by atoms with E-state index in [9.17, 15) is 9.90 Å². The molecule has 0 unspecified atom stereocenters. The molecular weight excluding hydrogens is 472 g/mol. The Morgan fingerprint density at radius 3 is 2.28 bits per heavy atom. The Kier molecular flexibility index (Phi) is 6.28. The lowest BCUT2D eigenvalue weighted by molar-refractivity contribution is -0.137. The van der Waals surface area contributed by atoms with Crippen LogP contribution in [0.5, 0.6) is 5.75 Å². The molecule has 3 heterocycles. The van der Waals surface area contributed by atoms with Crippen LogP contribution in [0.1, 0.15) is 56.8 Å². The molecule has 2 aromatic carbocycles. The molecule has 36 heavy (non-hydrogen) atoms. The number of benzene rings is 2. The van der Waals surface area contributed by atoms with Crippen molar-refractivity contribution in [1.82, 2.24) is 14.8 Å². The quantitative estimate of drug-likeness (QED) is 0.339. The van der Waals surface area contributed by atoms with Crippen molar-refractivity contribution in [3.63, 3.8) is 0 Å². The molecule has 5 rings (SSSR count). The van der Waals surface area contributed by atoms with E-state index in [1.165, 1.54) is 4.88 Å². The largest absolute Gasteiger partial charge is 0.497 e. The number of fused-ring (bicyclic) bond motifs is 3. The number of aryl methyl sites for hydroxylation is 2. The second-order valence-corrected chi connectivity index (χ2v) is 9.93. The van der Waals surface area contributed by atoms with E-state index in [0.717, 1.165) is 50.1 Å². The third kappa shape index (κ3) is 4.35. The molecule has 1 N–H and O–H groups in total. The van der Waals surface area contributed by atoms with Crippen LogP contribution in [0.2, 0.25) is 0 Å². The molecule has 0 amide bonds. The minimum absolute atomic E-state index is 0.155. The average molecular weight is 499 g/mol. The van der Waals surface area contributed by atoms with Gasteiger partial charge in [-0.2, -0.15) is 0 Å². The summed E-state index contributed by atoms with van der Waals surface area (Å²) in [6.07, 6.45) is 3.96.